The summed E-state index contributed by atoms with van der Waals surface area (Å²) in [5.74, 6) is 0.131. The predicted octanol–water partition coefficient (Wildman–Crippen LogP) is 0.588. The second-order valence-corrected chi connectivity index (χ2v) is 2.10. The van der Waals surface area contributed by atoms with Gasteiger partial charge in [0.05, 0.1) is 12.8 Å². The van der Waals surface area contributed by atoms with Crippen LogP contribution in [0.1, 0.15) is 11.1 Å². The van der Waals surface area contributed by atoms with E-state index in [4.69, 9.17) is 10.2 Å². The summed E-state index contributed by atoms with van der Waals surface area (Å²) in [6.45, 7) is 1.66. The van der Waals surface area contributed by atoms with Crippen molar-refractivity contribution in [2.24, 2.45) is 0 Å². The minimum atomic E-state index is -0.0762. The zero-order chi connectivity index (χ0) is 7.56. The Morgan fingerprint density at radius 1 is 1.50 bits per heavy atom. The number of aliphatic hydroxyl groups excluding tert-OH is 1. The standard InChI is InChI=1S/C7H9NO2/c1-5-6(4-9)2-8-3-7(5)10/h2-3,9-10H,4H2,1H3. The molecule has 0 aliphatic rings. The monoisotopic (exact) mass is 139 g/mol. The Labute approximate surface area is 59.0 Å². The molecule has 0 spiro atoms. The van der Waals surface area contributed by atoms with Gasteiger partial charge in [-0.3, -0.25) is 4.98 Å². The average molecular weight is 139 g/mol. The fraction of sp³-hybridized carbons (Fsp3) is 0.286. The number of hydrogen-bond acceptors (Lipinski definition) is 3. The molecule has 0 saturated heterocycles. The van der Waals surface area contributed by atoms with Crippen molar-refractivity contribution in [1.29, 1.82) is 0 Å². The zero-order valence-electron chi connectivity index (χ0n) is 5.70. The van der Waals surface area contributed by atoms with E-state index >= 15 is 0 Å². The minimum absolute atomic E-state index is 0.0762. The summed E-state index contributed by atoms with van der Waals surface area (Å²) < 4.78 is 0. The average Bonchev–Trinajstić information content (AvgIpc) is 1.95. The molecule has 0 bridgehead atoms. The molecule has 0 amide bonds. The Hall–Kier alpha value is -1.09. The van der Waals surface area contributed by atoms with E-state index in [-0.39, 0.29) is 12.4 Å². The maximum absolute atomic E-state index is 9.06. The van der Waals surface area contributed by atoms with Crippen LogP contribution in [0.5, 0.6) is 5.75 Å². The molecule has 1 rings (SSSR count). The summed E-state index contributed by atoms with van der Waals surface area (Å²) in [6, 6.07) is 0. The molecule has 0 saturated carbocycles. The second-order valence-electron chi connectivity index (χ2n) is 2.10. The molecule has 0 aliphatic heterocycles. The van der Waals surface area contributed by atoms with Crippen molar-refractivity contribution in [3.05, 3.63) is 23.5 Å². The van der Waals surface area contributed by atoms with Gasteiger partial charge in [0.15, 0.2) is 0 Å². The summed E-state index contributed by atoms with van der Waals surface area (Å²) in [5, 5.41) is 17.7. The summed E-state index contributed by atoms with van der Waals surface area (Å²) in [7, 11) is 0. The SMILES string of the molecule is Cc1c(O)cncc1CO. The van der Waals surface area contributed by atoms with Gasteiger partial charge in [0, 0.05) is 11.8 Å². The van der Waals surface area contributed by atoms with Crippen molar-refractivity contribution < 1.29 is 10.2 Å². The Bertz CT molecular complexity index is 235. The van der Waals surface area contributed by atoms with Crippen molar-refractivity contribution in [3.63, 3.8) is 0 Å². The number of aliphatic hydroxyl groups is 1. The van der Waals surface area contributed by atoms with Crippen LogP contribution in [-0.2, 0) is 6.61 Å². The molecule has 0 aromatic carbocycles. The van der Waals surface area contributed by atoms with Gasteiger partial charge in [-0.05, 0) is 12.5 Å². The van der Waals surface area contributed by atoms with Gasteiger partial charge in [-0.2, -0.15) is 0 Å². The number of rotatable bonds is 1. The van der Waals surface area contributed by atoms with Crippen molar-refractivity contribution in [3.8, 4) is 5.75 Å². The molecule has 3 heteroatoms. The number of nitrogens with zero attached hydrogens (tertiary/aromatic N) is 1. The van der Waals surface area contributed by atoms with E-state index in [1.165, 1.54) is 12.4 Å². The zero-order valence-corrected chi connectivity index (χ0v) is 5.70. The van der Waals surface area contributed by atoms with Crippen LogP contribution in [0, 0.1) is 6.92 Å². The first-order valence-corrected chi connectivity index (χ1v) is 2.99. The third kappa shape index (κ3) is 1.09. The van der Waals surface area contributed by atoms with Gasteiger partial charge in [-0.1, -0.05) is 0 Å². The van der Waals surface area contributed by atoms with Gasteiger partial charge in [0.25, 0.3) is 0 Å². The molecule has 0 radical (unpaired) electrons. The molecule has 0 atom stereocenters. The number of pyridine rings is 1. The highest BCUT2D eigenvalue weighted by atomic mass is 16.3. The van der Waals surface area contributed by atoms with Crippen LogP contribution in [0.25, 0.3) is 0 Å². The summed E-state index contributed by atoms with van der Waals surface area (Å²) in [6.07, 6.45) is 2.89. The van der Waals surface area contributed by atoms with Gasteiger partial charge in [-0.15, -0.1) is 0 Å². The molecule has 1 aromatic heterocycles. The van der Waals surface area contributed by atoms with Crippen LogP contribution in [0.15, 0.2) is 12.4 Å². The predicted molar refractivity (Wildman–Crippen MR) is 36.6 cm³/mol. The van der Waals surface area contributed by atoms with Crippen LogP contribution >= 0.6 is 0 Å². The normalized spacial score (nSPS) is 9.80. The fourth-order valence-corrected chi connectivity index (χ4v) is 0.715. The summed E-state index contributed by atoms with van der Waals surface area (Å²) >= 11 is 0. The maximum atomic E-state index is 9.06. The van der Waals surface area contributed by atoms with Crippen LogP contribution in [0.4, 0.5) is 0 Å². The first-order chi connectivity index (χ1) is 4.75. The molecule has 0 aliphatic carbocycles. The third-order valence-corrected chi connectivity index (χ3v) is 1.46. The molecule has 2 N–H and O–H groups in total. The van der Waals surface area contributed by atoms with Crippen molar-refractivity contribution in [2.45, 2.75) is 13.5 Å². The lowest BCUT2D eigenvalue weighted by Crippen LogP contribution is -1.89. The molecule has 10 heavy (non-hydrogen) atoms. The second kappa shape index (κ2) is 2.66. The Kier molecular flexibility index (Phi) is 1.87. The topological polar surface area (TPSA) is 53.4 Å². The van der Waals surface area contributed by atoms with E-state index in [2.05, 4.69) is 4.98 Å². The highest BCUT2D eigenvalue weighted by molar-refractivity contribution is 5.33. The van der Waals surface area contributed by atoms with Gasteiger partial charge in [0.2, 0.25) is 0 Å². The molecule has 3 nitrogen and oxygen atoms in total. The minimum Gasteiger partial charge on any atom is -0.506 e. The third-order valence-electron chi connectivity index (χ3n) is 1.46. The van der Waals surface area contributed by atoms with Gasteiger partial charge >= 0.3 is 0 Å². The smallest absolute Gasteiger partial charge is 0.137 e. The number of aromatic nitrogens is 1. The quantitative estimate of drug-likeness (QED) is 0.598. The van der Waals surface area contributed by atoms with E-state index in [1.54, 1.807) is 6.92 Å². The van der Waals surface area contributed by atoms with Crippen molar-refractivity contribution >= 4 is 0 Å². The lowest BCUT2D eigenvalue weighted by Gasteiger charge is -2.01. The van der Waals surface area contributed by atoms with E-state index in [0.29, 0.717) is 11.1 Å². The maximum Gasteiger partial charge on any atom is 0.137 e. The highest BCUT2D eigenvalue weighted by Gasteiger charge is 2.00. The van der Waals surface area contributed by atoms with Gasteiger partial charge < -0.3 is 10.2 Å². The van der Waals surface area contributed by atoms with Crippen molar-refractivity contribution in [2.75, 3.05) is 0 Å². The van der Waals surface area contributed by atoms with E-state index in [0.717, 1.165) is 0 Å². The van der Waals surface area contributed by atoms with E-state index < -0.39 is 0 Å². The first kappa shape index (κ1) is 7.02. The lowest BCUT2D eigenvalue weighted by molar-refractivity contribution is 0.279. The summed E-state index contributed by atoms with van der Waals surface area (Å²) in [4.78, 5) is 3.71. The highest BCUT2D eigenvalue weighted by Crippen LogP contribution is 2.16. The number of hydrogen-bond donors (Lipinski definition) is 2. The van der Waals surface area contributed by atoms with Crippen LogP contribution in [-0.4, -0.2) is 15.2 Å². The molecule has 54 valence electrons. The van der Waals surface area contributed by atoms with Crippen LogP contribution < -0.4 is 0 Å². The van der Waals surface area contributed by atoms with E-state index in [1.807, 2.05) is 0 Å². The molecule has 0 fully saturated rings. The Morgan fingerprint density at radius 3 is 2.70 bits per heavy atom. The Balaban J connectivity index is 3.14. The number of aromatic hydroxyl groups is 1. The van der Waals surface area contributed by atoms with Crippen LogP contribution in [0.3, 0.4) is 0 Å². The van der Waals surface area contributed by atoms with Crippen molar-refractivity contribution in [1.82, 2.24) is 4.98 Å². The van der Waals surface area contributed by atoms with E-state index in [9.17, 15) is 0 Å². The lowest BCUT2D eigenvalue weighted by atomic mass is 10.1. The van der Waals surface area contributed by atoms with Crippen LogP contribution in [0.2, 0.25) is 0 Å². The molecule has 0 unspecified atom stereocenters. The molecular weight excluding hydrogens is 130 g/mol. The summed E-state index contributed by atoms with van der Waals surface area (Å²) in [5.41, 5.74) is 1.36. The largest absolute Gasteiger partial charge is 0.506 e. The first-order valence-electron chi connectivity index (χ1n) is 2.99. The van der Waals surface area contributed by atoms with Gasteiger partial charge in [-0.25, -0.2) is 0 Å². The molecule has 1 heterocycles. The molecule has 1 aromatic rings. The van der Waals surface area contributed by atoms with Gasteiger partial charge in [0.1, 0.15) is 5.75 Å². The molecular formula is C7H9NO2. The Morgan fingerprint density at radius 2 is 2.20 bits per heavy atom. The fourth-order valence-electron chi connectivity index (χ4n) is 0.715.